The van der Waals surface area contributed by atoms with Crippen LogP contribution in [0.3, 0.4) is 0 Å². The molecular formula is C12H20N2O3. The first kappa shape index (κ1) is 12.2. The normalized spacial score (nSPS) is 25.1. The topological polar surface area (TPSA) is 60.9 Å². The Kier molecular flexibility index (Phi) is 3.86. The highest BCUT2D eigenvalue weighted by Crippen LogP contribution is 2.21. The molecule has 2 amide bonds. The maximum atomic E-state index is 12.1. The lowest BCUT2D eigenvalue weighted by molar-refractivity contribution is -0.138. The van der Waals surface area contributed by atoms with E-state index in [1.807, 2.05) is 9.80 Å². The van der Waals surface area contributed by atoms with Crippen LogP contribution in [0.15, 0.2) is 0 Å². The number of carbonyl (C=O) groups excluding carboxylic acids is 1. The van der Waals surface area contributed by atoms with Crippen LogP contribution in [0.25, 0.3) is 0 Å². The highest BCUT2D eigenvalue weighted by atomic mass is 16.4. The van der Waals surface area contributed by atoms with Gasteiger partial charge in [0.2, 0.25) is 0 Å². The van der Waals surface area contributed by atoms with Crippen LogP contribution in [0.2, 0.25) is 0 Å². The minimum Gasteiger partial charge on any atom is -0.481 e. The molecule has 0 spiro atoms. The SMILES string of the molecule is O=C(O)CC1CCCN(C(=O)N2CCCC2)C1. The Labute approximate surface area is 101 Å². The molecule has 0 saturated carbocycles. The molecule has 2 heterocycles. The molecule has 0 radical (unpaired) electrons. The third-order valence-corrected chi connectivity index (χ3v) is 3.63. The van der Waals surface area contributed by atoms with Gasteiger partial charge in [0.25, 0.3) is 0 Å². The molecular weight excluding hydrogens is 220 g/mol. The summed E-state index contributed by atoms with van der Waals surface area (Å²) in [6.45, 7) is 3.12. The van der Waals surface area contributed by atoms with Gasteiger partial charge in [-0.2, -0.15) is 0 Å². The smallest absolute Gasteiger partial charge is 0.320 e. The molecule has 0 aromatic rings. The molecule has 5 heteroatoms. The first-order chi connectivity index (χ1) is 8.16. The fourth-order valence-electron chi connectivity index (χ4n) is 2.76. The molecule has 2 aliphatic heterocycles. The summed E-state index contributed by atoms with van der Waals surface area (Å²) < 4.78 is 0. The highest BCUT2D eigenvalue weighted by molar-refractivity contribution is 5.75. The van der Waals surface area contributed by atoms with Gasteiger partial charge in [0, 0.05) is 32.6 Å². The average Bonchev–Trinajstić information content (AvgIpc) is 2.81. The van der Waals surface area contributed by atoms with Crippen LogP contribution < -0.4 is 0 Å². The van der Waals surface area contributed by atoms with E-state index in [0.717, 1.165) is 45.3 Å². The molecule has 17 heavy (non-hydrogen) atoms. The van der Waals surface area contributed by atoms with Crippen molar-refractivity contribution in [1.82, 2.24) is 9.80 Å². The third-order valence-electron chi connectivity index (χ3n) is 3.63. The Morgan fingerprint density at radius 2 is 1.71 bits per heavy atom. The van der Waals surface area contributed by atoms with Crippen molar-refractivity contribution < 1.29 is 14.7 Å². The van der Waals surface area contributed by atoms with Crippen LogP contribution in [0, 0.1) is 5.92 Å². The summed E-state index contributed by atoms with van der Waals surface area (Å²) in [5, 5.41) is 8.79. The van der Waals surface area contributed by atoms with E-state index >= 15 is 0 Å². The maximum Gasteiger partial charge on any atom is 0.320 e. The largest absolute Gasteiger partial charge is 0.481 e. The second-order valence-electron chi connectivity index (χ2n) is 5.03. The first-order valence-corrected chi connectivity index (χ1v) is 6.42. The summed E-state index contributed by atoms with van der Waals surface area (Å²) in [5.41, 5.74) is 0. The number of aliphatic carboxylic acids is 1. The maximum absolute atomic E-state index is 12.1. The zero-order valence-corrected chi connectivity index (χ0v) is 10.1. The number of hydrogen-bond donors (Lipinski definition) is 1. The number of amides is 2. The summed E-state index contributed by atoms with van der Waals surface area (Å²) in [4.78, 5) is 26.6. The molecule has 0 aliphatic carbocycles. The van der Waals surface area contributed by atoms with Gasteiger partial charge in [0.1, 0.15) is 0 Å². The van der Waals surface area contributed by atoms with Crippen molar-refractivity contribution >= 4 is 12.0 Å². The monoisotopic (exact) mass is 240 g/mol. The minimum absolute atomic E-state index is 0.109. The first-order valence-electron chi connectivity index (χ1n) is 6.42. The van der Waals surface area contributed by atoms with Crippen molar-refractivity contribution in [1.29, 1.82) is 0 Å². The number of rotatable bonds is 2. The zero-order chi connectivity index (χ0) is 12.3. The molecule has 2 rings (SSSR count). The van der Waals surface area contributed by atoms with Crippen molar-refractivity contribution in [2.45, 2.75) is 32.1 Å². The number of piperidine rings is 1. The van der Waals surface area contributed by atoms with Crippen LogP contribution in [0.1, 0.15) is 32.1 Å². The van der Waals surface area contributed by atoms with Crippen molar-refractivity contribution in [3.63, 3.8) is 0 Å². The Morgan fingerprint density at radius 1 is 1.06 bits per heavy atom. The highest BCUT2D eigenvalue weighted by Gasteiger charge is 2.29. The standard InChI is InChI=1S/C12H20N2O3/c15-11(16)8-10-4-3-7-14(9-10)12(17)13-5-1-2-6-13/h10H,1-9H2,(H,15,16). The molecule has 1 atom stereocenters. The second kappa shape index (κ2) is 5.38. The van der Waals surface area contributed by atoms with Crippen molar-refractivity contribution in [2.75, 3.05) is 26.2 Å². The summed E-state index contributed by atoms with van der Waals surface area (Å²) >= 11 is 0. The Hall–Kier alpha value is -1.26. The third kappa shape index (κ3) is 3.11. The summed E-state index contributed by atoms with van der Waals surface area (Å²) in [5.74, 6) is -0.627. The number of carboxylic acid groups (broad SMARTS) is 1. The van der Waals surface area contributed by atoms with E-state index in [1.54, 1.807) is 0 Å². The predicted molar refractivity (Wildman–Crippen MR) is 62.8 cm³/mol. The van der Waals surface area contributed by atoms with Crippen LogP contribution in [0.4, 0.5) is 4.79 Å². The van der Waals surface area contributed by atoms with E-state index in [-0.39, 0.29) is 18.4 Å². The van der Waals surface area contributed by atoms with Gasteiger partial charge in [-0.3, -0.25) is 4.79 Å². The molecule has 1 N–H and O–H groups in total. The zero-order valence-electron chi connectivity index (χ0n) is 10.1. The molecule has 2 saturated heterocycles. The Balaban J connectivity index is 1.87. The lowest BCUT2D eigenvalue weighted by Gasteiger charge is -2.34. The molecule has 5 nitrogen and oxygen atoms in total. The van der Waals surface area contributed by atoms with Gasteiger partial charge in [0.15, 0.2) is 0 Å². The van der Waals surface area contributed by atoms with Crippen LogP contribution in [-0.2, 0) is 4.79 Å². The number of carbonyl (C=O) groups is 2. The molecule has 0 bridgehead atoms. The van der Waals surface area contributed by atoms with Crippen molar-refractivity contribution in [2.24, 2.45) is 5.92 Å². The number of carboxylic acids is 1. The number of likely N-dealkylation sites (tertiary alicyclic amines) is 2. The summed E-state index contributed by atoms with van der Waals surface area (Å²) in [7, 11) is 0. The molecule has 2 aliphatic rings. The summed E-state index contributed by atoms with van der Waals surface area (Å²) in [6.07, 6.45) is 4.23. The lowest BCUT2D eigenvalue weighted by Crippen LogP contribution is -2.46. The quantitative estimate of drug-likeness (QED) is 0.793. The second-order valence-corrected chi connectivity index (χ2v) is 5.03. The van der Waals surface area contributed by atoms with E-state index in [9.17, 15) is 9.59 Å². The van der Waals surface area contributed by atoms with E-state index < -0.39 is 5.97 Å². The molecule has 96 valence electrons. The molecule has 0 aromatic heterocycles. The van der Waals surface area contributed by atoms with Gasteiger partial charge < -0.3 is 14.9 Å². The predicted octanol–water partition coefficient (Wildman–Crippen LogP) is 1.39. The van der Waals surface area contributed by atoms with Gasteiger partial charge in [-0.25, -0.2) is 4.79 Å². The lowest BCUT2D eigenvalue weighted by atomic mass is 9.95. The van der Waals surface area contributed by atoms with Gasteiger partial charge in [0.05, 0.1) is 0 Å². The Morgan fingerprint density at radius 3 is 2.35 bits per heavy atom. The van der Waals surface area contributed by atoms with Crippen LogP contribution in [-0.4, -0.2) is 53.1 Å². The van der Waals surface area contributed by atoms with Crippen LogP contribution >= 0.6 is 0 Å². The van der Waals surface area contributed by atoms with Gasteiger partial charge >= 0.3 is 12.0 Å². The van der Waals surface area contributed by atoms with E-state index in [4.69, 9.17) is 5.11 Å². The van der Waals surface area contributed by atoms with E-state index in [1.165, 1.54) is 0 Å². The minimum atomic E-state index is -0.759. The van der Waals surface area contributed by atoms with Gasteiger partial charge in [-0.05, 0) is 31.6 Å². The summed E-state index contributed by atoms with van der Waals surface area (Å²) in [6, 6.07) is 0.109. The molecule has 2 fully saturated rings. The number of hydrogen-bond acceptors (Lipinski definition) is 2. The number of nitrogens with zero attached hydrogens (tertiary/aromatic N) is 2. The van der Waals surface area contributed by atoms with Gasteiger partial charge in [-0.1, -0.05) is 0 Å². The molecule has 0 aromatic carbocycles. The van der Waals surface area contributed by atoms with Crippen molar-refractivity contribution in [3.05, 3.63) is 0 Å². The van der Waals surface area contributed by atoms with Crippen molar-refractivity contribution in [3.8, 4) is 0 Å². The fourth-order valence-corrected chi connectivity index (χ4v) is 2.76. The van der Waals surface area contributed by atoms with Gasteiger partial charge in [-0.15, -0.1) is 0 Å². The fraction of sp³-hybridized carbons (Fsp3) is 0.833. The Bertz CT molecular complexity index is 300. The average molecular weight is 240 g/mol. The number of urea groups is 1. The van der Waals surface area contributed by atoms with Crippen LogP contribution in [0.5, 0.6) is 0 Å². The van der Waals surface area contributed by atoms with E-state index in [0.29, 0.717) is 6.54 Å². The van der Waals surface area contributed by atoms with E-state index in [2.05, 4.69) is 0 Å². The molecule has 1 unspecified atom stereocenters.